The summed E-state index contributed by atoms with van der Waals surface area (Å²) in [5.41, 5.74) is 3.05. The molecule has 0 saturated heterocycles. The Labute approximate surface area is 97.7 Å². The van der Waals surface area contributed by atoms with Crippen LogP contribution in [0.4, 0.5) is 5.69 Å². The highest BCUT2D eigenvalue weighted by molar-refractivity contribution is 5.96. The Balaban J connectivity index is 2.40. The predicted molar refractivity (Wildman–Crippen MR) is 66.8 cm³/mol. The van der Waals surface area contributed by atoms with Crippen LogP contribution in [0.15, 0.2) is 23.0 Å². The minimum atomic E-state index is -0.0291. The number of fused-ring (bicyclic) bond motifs is 3. The van der Waals surface area contributed by atoms with E-state index in [9.17, 15) is 9.59 Å². The Morgan fingerprint density at radius 2 is 2.18 bits per heavy atom. The normalized spacial score (nSPS) is 14.1. The van der Waals surface area contributed by atoms with Gasteiger partial charge in [0.05, 0.1) is 11.2 Å². The number of aromatic amines is 1. The monoisotopic (exact) mass is 228 g/mol. The van der Waals surface area contributed by atoms with Crippen LogP contribution < -0.4 is 10.9 Å². The van der Waals surface area contributed by atoms with Gasteiger partial charge in [0.25, 0.3) is 5.56 Å². The number of nitrogens with one attached hydrogen (secondary N) is 2. The zero-order valence-corrected chi connectivity index (χ0v) is 9.25. The van der Waals surface area contributed by atoms with Gasteiger partial charge in [-0.15, -0.1) is 0 Å². The Morgan fingerprint density at radius 1 is 1.29 bits per heavy atom. The van der Waals surface area contributed by atoms with Gasteiger partial charge < -0.3 is 10.3 Å². The maximum Gasteiger partial charge on any atom is 0.253 e. The smallest absolute Gasteiger partial charge is 0.253 e. The molecule has 0 amide bonds. The number of anilines is 1. The third-order valence-corrected chi connectivity index (χ3v) is 3.18. The molecule has 1 aliphatic heterocycles. The number of benzene rings is 1. The predicted octanol–water partition coefficient (Wildman–Crippen LogP) is 1.70. The highest BCUT2D eigenvalue weighted by Gasteiger charge is 2.15. The van der Waals surface area contributed by atoms with E-state index in [0.717, 1.165) is 47.8 Å². The van der Waals surface area contributed by atoms with Gasteiger partial charge in [-0.3, -0.25) is 9.59 Å². The molecule has 17 heavy (non-hydrogen) atoms. The van der Waals surface area contributed by atoms with Gasteiger partial charge in [0, 0.05) is 23.1 Å². The van der Waals surface area contributed by atoms with Crippen molar-refractivity contribution >= 4 is 22.9 Å². The van der Waals surface area contributed by atoms with Crippen molar-refractivity contribution in [1.82, 2.24) is 4.98 Å². The van der Waals surface area contributed by atoms with Crippen molar-refractivity contribution in [2.75, 3.05) is 11.9 Å². The molecule has 2 N–H and O–H groups in total. The first kappa shape index (κ1) is 10.1. The van der Waals surface area contributed by atoms with Crippen LogP contribution in [0.1, 0.15) is 22.3 Å². The van der Waals surface area contributed by atoms with Crippen LogP contribution in [-0.4, -0.2) is 17.8 Å². The average molecular weight is 228 g/mol. The summed E-state index contributed by atoms with van der Waals surface area (Å²) in [4.78, 5) is 25.5. The van der Waals surface area contributed by atoms with Gasteiger partial charge >= 0.3 is 0 Å². The zero-order chi connectivity index (χ0) is 11.8. The largest absolute Gasteiger partial charge is 0.384 e. The second-order valence-corrected chi connectivity index (χ2v) is 4.26. The van der Waals surface area contributed by atoms with E-state index in [-0.39, 0.29) is 5.56 Å². The van der Waals surface area contributed by atoms with Gasteiger partial charge in [0.2, 0.25) is 0 Å². The van der Waals surface area contributed by atoms with Crippen molar-refractivity contribution in [2.45, 2.75) is 12.8 Å². The number of H-pyrrole nitrogens is 1. The van der Waals surface area contributed by atoms with Crippen LogP contribution in [0.3, 0.4) is 0 Å². The number of aromatic nitrogens is 1. The van der Waals surface area contributed by atoms with Crippen molar-refractivity contribution in [2.24, 2.45) is 0 Å². The van der Waals surface area contributed by atoms with Gasteiger partial charge in [-0.2, -0.15) is 0 Å². The Morgan fingerprint density at radius 3 is 3.00 bits per heavy atom. The minimum Gasteiger partial charge on any atom is -0.384 e. The van der Waals surface area contributed by atoms with Gasteiger partial charge in [-0.1, -0.05) is 0 Å². The standard InChI is InChI=1S/C13H12N2O2/c16-7-8-3-4-11-10(6-8)12-9(13(17)15-11)2-1-5-14-12/h3-4,6-7,14H,1-2,5H2,(H,15,17). The van der Waals surface area contributed by atoms with E-state index < -0.39 is 0 Å². The van der Waals surface area contributed by atoms with Crippen molar-refractivity contribution in [3.05, 3.63) is 39.7 Å². The molecule has 1 aliphatic rings. The van der Waals surface area contributed by atoms with E-state index in [1.807, 2.05) is 6.07 Å². The molecule has 0 aliphatic carbocycles. The molecule has 2 heterocycles. The first-order chi connectivity index (χ1) is 8.29. The number of hydrogen-bond donors (Lipinski definition) is 2. The summed E-state index contributed by atoms with van der Waals surface area (Å²) in [5.74, 6) is 0. The Bertz CT molecular complexity index is 658. The van der Waals surface area contributed by atoms with E-state index in [2.05, 4.69) is 10.3 Å². The average Bonchev–Trinajstić information content (AvgIpc) is 2.39. The van der Waals surface area contributed by atoms with Crippen molar-refractivity contribution < 1.29 is 4.79 Å². The van der Waals surface area contributed by atoms with E-state index in [4.69, 9.17) is 0 Å². The molecule has 1 aromatic heterocycles. The van der Waals surface area contributed by atoms with Crippen LogP contribution in [0.25, 0.3) is 10.9 Å². The van der Waals surface area contributed by atoms with Gasteiger partial charge in [-0.05, 0) is 31.0 Å². The molecule has 1 aromatic carbocycles. The van der Waals surface area contributed by atoms with E-state index in [1.165, 1.54) is 0 Å². The summed E-state index contributed by atoms with van der Waals surface area (Å²) in [7, 11) is 0. The SMILES string of the molecule is O=Cc1ccc2[nH]c(=O)c3c(c2c1)NCCC3. The summed E-state index contributed by atoms with van der Waals surface area (Å²) >= 11 is 0. The number of hydrogen-bond acceptors (Lipinski definition) is 3. The fourth-order valence-corrected chi connectivity index (χ4v) is 2.34. The lowest BCUT2D eigenvalue weighted by Gasteiger charge is -2.19. The Hall–Kier alpha value is -2.10. The number of carbonyl (C=O) groups is 1. The fraction of sp³-hybridized carbons (Fsp3) is 0.231. The zero-order valence-electron chi connectivity index (χ0n) is 9.25. The van der Waals surface area contributed by atoms with E-state index in [0.29, 0.717) is 5.56 Å². The van der Waals surface area contributed by atoms with Crippen LogP contribution in [-0.2, 0) is 6.42 Å². The lowest BCUT2D eigenvalue weighted by molar-refractivity contribution is 0.112. The molecule has 0 radical (unpaired) electrons. The molecule has 0 atom stereocenters. The van der Waals surface area contributed by atoms with Gasteiger partial charge in [0.1, 0.15) is 6.29 Å². The highest BCUT2D eigenvalue weighted by atomic mass is 16.1. The maximum absolute atomic E-state index is 11.9. The molecule has 86 valence electrons. The van der Waals surface area contributed by atoms with Crippen LogP contribution in [0.5, 0.6) is 0 Å². The van der Waals surface area contributed by atoms with Crippen LogP contribution >= 0.6 is 0 Å². The van der Waals surface area contributed by atoms with E-state index in [1.54, 1.807) is 12.1 Å². The Kier molecular flexibility index (Phi) is 2.21. The molecular formula is C13H12N2O2. The molecule has 4 nitrogen and oxygen atoms in total. The second-order valence-electron chi connectivity index (χ2n) is 4.26. The van der Waals surface area contributed by atoms with Crippen molar-refractivity contribution in [1.29, 1.82) is 0 Å². The summed E-state index contributed by atoms with van der Waals surface area (Å²) in [6.45, 7) is 0.872. The quantitative estimate of drug-likeness (QED) is 0.730. The number of pyridine rings is 1. The van der Waals surface area contributed by atoms with Gasteiger partial charge in [0.15, 0.2) is 0 Å². The molecule has 3 rings (SSSR count). The first-order valence-electron chi connectivity index (χ1n) is 5.67. The first-order valence-corrected chi connectivity index (χ1v) is 5.67. The van der Waals surface area contributed by atoms with Crippen molar-refractivity contribution in [3.63, 3.8) is 0 Å². The van der Waals surface area contributed by atoms with Crippen LogP contribution in [0.2, 0.25) is 0 Å². The third-order valence-electron chi connectivity index (χ3n) is 3.18. The van der Waals surface area contributed by atoms with E-state index >= 15 is 0 Å². The molecule has 0 unspecified atom stereocenters. The number of rotatable bonds is 1. The summed E-state index contributed by atoms with van der Waals surface area (Å²) in [6, 6.07) is 5.30. The number of aldehydes is 1. The molecule has 4 heteroatoms. The fourth-order valence-electron chi connectivity index (χ4n) is 2.34. The molecule has 0 saturated carbocycles. The molecule has 0 spiro atoms. The molecule has 2 aromatic rings. The number of carbonyl (C=O) groups excluding carboxylic acids is 1. The minimum absolute atomic E-state index is 0.0291. The summed E-state index contributed by atoms with van der Waals surface area (Å²) in [6.07, 6.45) is 2.58. The second kappa shape index (κ2) is 3.73. The third kappa shape index (κ3) is 1.53. The summed E-state index contributed by atoms with van der Waals surface area (Å²) in [5, 5.41) is 4.18. The lowest BCUT2D eigenvalue weighted by atomic mass is 10.0. The maximum atomic E-state index is 11.9. The topological polar surface area (TPSA) is 62.0 Å². The molecular weight excluding hydrogens is 216 g/mol. The molecule has 0 bridgehead atoms. The highest BCUT2D eigenvalue weighted by Crippen LogP contribution is 2.27. The summed E-state index contributed by atoms with van der Waals surface area (Å²) < 4.78 is 0. The van der Waals surface area contributed by atoms with Gasteiger partial charge in [-0.25, -0.2) is 0 Å². The van der Waals surface area contributed by atoms with Crippen molar-refractivity contribution in [3.8, 4) is 0 Å². The lowest BCUT2D eigenvalue weighted by Crippen LogP contribution is -2.22. The van der Waals surface area contributed by atoms with Crippen LogP contribution in [0, 0.1) is 0 Å². The molecule has 0 fully saturated rings.